The molecule has 0 radical (unpaired) electrons. The van der Waals surface area contributed by atoms with Gasteiger partial charge in [0.05, 0.1) is 12.2 Å². The SMILES string of the molecule is CC(C)(C)C1CCc2nc(CN)[nH]c2C1. The summed E-state index contributed by atoms with van der Waals surface area (Å²) in [5.41, 5.74) is 8.55. The zero-order valence-corrected chi connectivity index (χ0v) is 9.93. The molecule has 2 rings (SSSR count). The largest absolute Gasteiger partial charge is 0.345 e. The number of imidazole rings is 1. The lowest BCUT2D eigenvalue weighted by Gasteiger charge is -2.33. The van der Waals surface area contributed by atoms with E-state index in [1.54, 1.807) is 0 Å². The van der Waals surface area contributed by atoms with Crippen LogP contribution in [0.25, 0.3) is 0 Å². The van der Waals surface area contributed by atoms with Gasteiger partial charge in [0.25, 0.3) is 0 Å². The number of hydrogen-bond donors (Lipinski definition) is 2. The Hall–Kier alpha value is -0.830. The fourth-order valence-corrected chi connectivity index (χ4v) is 2.38. The van der Waals surface area contributed by atoms with E-state index < -0.39 is 0 Å². The van der Waals surface area contributed by atoms with E-state index in [0.29, 0.717) is 12.0 Å². The highest BCUT2D eigenvalue weighted by Gasteiger charge is 2.30. The third-order valence-corrected chi connectivity index (χ3v) is 3.51. The fraction of sp³-hybridized carbons (Fsp3) is 0.750. The molecule has 15 heavy (non-hydrogen) atoms. The highest BCUT2D eigenvalue weighted by molar-refractivity contribution is 5.19. The molecule has 0 amide bonds. The molecule has 3 heteroatoms. The quantitative estimate of drug-likeness (QED) is 0.740. The third-order valence-electron chi connectivity index (χ3n) is 3.51. The summed E-state index contributed by atoms with van der Waals surface area (Å²) in [5.74, 6) is 1.70. The van der Waals surface area contributed by atoms with E-state index in [1.807, 2.05) is 0 Å². The Morgan fingerprint density at radius 3 is 2.80 bits per heavy atom. The Balaban J connectivity index is 2.19. The summed E-state index contributed by atoms with van der Waals surface area (Å²) in [7, 11) is 0. The van der Waals surface area contributed by atoms with E-state index in [2.05, 4.69) is 30.7 Å². The van der Waals surface area contributed by atoms with Gasteiger partial charge in [0.1, 0.15) is 5.82 Å². The fourth-order valence-electron chi connectivity index (χ4n) is 2.38. The van der Waals surface area contributed by atoms with Gasteiger partial charge in [-0.2, -0.15) is 0 Å². The predicted molar refractivity (Wildman–Crippen MR) is 61.4 cm³/mol. The van der Waals surface area contributed by atoms with Crippen molar-refractivity contribution in [2.75, 3.05) is 0 Å². The Morgan fingerprint density at radius 1 is 1.47 bits per heavy atom. The molecule has 1 aromatic rings. The number of hydrogen-bond acceptors (Lipinski definition) is 2. The average molecular weight is 207 g/mol. The maximum atomic E-state index is 5.59. The molecule has 1 unspecified atom stereocenters. The number of H-pyrrole nitrogens is 1. The molecular weight excluding hydrogens is 186 g/mol. The zero-order chi connectivity index (χ0) is 11.1. The van der Waals surface area contributed by atoms with Gasteiger partial charge < -0.3 is 10.7 Å². The van der Waals surface area contributed by atoms with Gasteiger partial charge in [-0.15, -0.1) is 0 Å². The second-order valence-corrected chi connectivity index (χ2v) is 5.62. The minimum absolute atomic E-state index is 0.395. The molecule has 1 atom stereocenters. The molecule has 0 aromatic carbocycles. The molecule has 3 N–H and O–H groups in total. The Labute approximate surface area is 91.5 Å². The molecule has 1 heterocycles. The first-order valence-electron chi connectivity index (χ1n) is 5.77. The summed E-state index contributed by atoms with van der Waals surface area (Å²) < 4.78 is 0. The van der Waals surface area contributed by atoms with Crippen LogP contribution in [0.4, 0.5) is 0 Å². The topological polar surface area (TPSA) is 54.7 Å². The highest BCUT2D eigenvalue weighted by Crippen LogP contribution is 2.36. The van der Waals surface area contributed by atoms with Crippen molar-refractivity contribution in [1.29, 1.82) is 0 Å². The summed E-state index contributed by atoms with van der Waals surface area (Å²) in [4.78, 5) is 7.85. The molecule has 0 fully saturated rings. The smallest absolute Gasteiger partial charge is 0.120 e. The number of nitrogens with one attached hydrogen (secondary N) is 1. The van der Waals surface area contributed by atoms with Crippen LogP contribution in [0.2, 0.25) is 0 Å². The van der Waals surface area contributed by atoms with Crippen LogP contribution in [0.5, 0.6) is 0 Å². The lowest BCUT2D eigenvalue weighted by atomic mass is 9.73. The van der Waals surface area contributed by atoms with E-state index in [9.17, 15) is 0 Å². The van der Waals surface area contributed by atoms with Gasteiger partial charge in [-0.05, 0) is 30.6 Å². The number of aromatic nitrogens is 2. The first-order valence-corrected chi connectivity index (χ1v) is 5.77. The summed E-state index contributed by atoms with van der Waals surface area (Å²) in [6, 6.07) is 0. The predicted octanol–water partition coefficient (Wildman–Crippen LogP) is 2.02. The average Bonchev–Trinajstić information content (AvgIpc) is 2.57. The van der Waals surface area contributed by atoms with E-state index >= 15 is 0 Å². The Bertz CT molecular complexity index is 346. The zero-order valence-electron chi connectivity index (χ0n) is 9.93. The van der Waals surface area contributed by atoms with Gasteiger partial charge in [-0.1, -0.05) is 20.8 Å². The van der Waals surface area contributed by atoms with E-state index in [1.165, 1.54) is 17.8 Å². The first kappa shape index (κ1) is 10.7. The lowest BCUT2D eigenvalue weighted by Crippen LogP contribution is -2.26. The van der Waals surface area contributed by atoms with Crippen LogP contribution < -0.4 is 5.73 Å². The van der Waals surface area contributed by atoms with Crippen LogP contribution in [0.3, 0.4) is 0 Å². The van der Waals surface area contributed by atoms with E-state index in [-0.39, 0.29) is 0 Å². The summed E-state index contributed by atoms with van der Waals surface area (Å²) in [6.07, 6.45) is 3.49. The Morgan fingerprint density at radius 2 is 2.20 bits per heavy atom. The maximum Gasteiger partial charge on any atom is 0.120 e. The third kappa shape index (κ3) is 2.07. The maximum absolute atomic E-state index is 5.59. The second kappa shape index (κ2) is 3.63. The van der Waals surface area contributed by atoms with Crippen LogP contribution in [-0.2, 0) is 19.4 Å². The molecule has 0 saturated heterocycles. The van der Waals surface area contributed by atoms with Crippen molar-refractivity contribution in [3.63, 3.8) is 0 Å². The molecule has 1 aliphatic rings. The number of aryl methyl sites for hydroxylation is 1. The minimum atomic E-state index is 0.395. The van der Waals surface area contributed by atoms with Gasteiger partial charge in [-0.3, -0.25) is 0 Å². The van der Waals surface area contributed by atoms with E-state index in [4.69, 9.17) is 5.73 Å². The number of rotatable bonds is 1. The molecule has 1 aromatic heterocycles. The van der Waals surface area contributed by atoms with Crippen molar-refractivity contribution in [2.45, 2.75) is 46.6 Å². The van der Waals surface area contributed by atoms with Crippen molar-refractivity contribution in [3.05, 3.63) is 17.2 Å². The molecule has 0 spiro atoms. The number of nitrogens with two attached hydrogens (primary N) is 1. The molecule has 84 valence electrons. The van der Waals surface area contributed by atoms with Crippen LogP contribution >= 0.6 is 0 Å². The minimum Gasteiger partial charge on any atom is -0.345 e. The summed E-state index contributed by atoms with van der Waals surface area (Å²) in [5, 5.41) is 0. The van der Waals surface area contributed by atoms with Gasteiger partial charge in [0.2, 0.25) is 0 Å². The van der Waals surface area contributed by atoms with Crippen LogP contribution in [-0.4, -0.2) is 9.97 Å². The lowest BCUT2D eigenvalue weighted by molar-refractivity contribution is 0.214. The van der Waals surface area contributed by atoms with Crippen molar-refractivity contribution in [3.8, 4) is 0 Å². The highest BCUT2D eigenvalue weighted by atomic mass is 15.0. The van der Waals surface area contributed by atoms with Crippen molar-refractivity contribution < 1.29 is 0 Å². The number of fused-ring (bicyclic) bond motifs is 1. The molecule has 0 aliphatic heterocycles. The monoisotopic (exact) mass is 207 g/mol. The summed E-state index contributed by atoms with van der Waals surface area (Å²) >= 11 is 0. The molecule has 3 nitrogen and oxygen atoms in total. The molecule has 0 saturated carbocycles. The van der Waals surface area contributed by atoms with Crippen LogP contribution in [0.15, 0.2) is 0 Å². The van der Waals surface area contributed by atoms with Gasteiger partial charge in [0, 0.05) is 5.69 Å². The van der Waals surface area contributed by atoms with Crippen LogP contribution in [0.1, 0.15) is 44.4 Å². The number of nitrogens with zero attached hydrogens (tertiary/aromatic N) is 1. The van der Waals surface area contributed by atoms with Gasteiger partial charge in [0.15, 0.2) is 0 Å². The Kier molecular flexibility index (Phi) is 2.59. The van der Waals surface area contributed by atoms with Crippen molar-refractivity contribution >= 4 is 0 Å². The first-order chi connectivity index (χ1) is 7.00. The molecule has 1 aliphatic carbocycles. The molecular formula is C12H21N3. The van der Waals surface area contributed by atoms with Gasteiger partial charge in [-0.25, -0.2) is 4.98 Å². The number of aromatic amines is 1. The standard InChI is InChI=1S/C12H21N3/c1-12(2,3)8-4-5-9-10(6-8)15-11(7-13)14-9/h8H,4-7,13H2,1-3H3,(H,14,15). The van der Waals surface area contributed by atoms with E-state index in [0.717, 1.165) is 24.6 Å². The van der Waals surface area contributed by atoms with Crippen molar-refractivity contribution in [2.24, 2.45) is 17.1 Å². The summed E-state index contributed by atoms with van der Waals surface area (Å²) in [6.45, 7) is 7.49. The second-order valence-electron chi connectivity index (χ2n) is 5.62. The van der Waals surface area contributed by atoms with Crippen LogP contribution in [0, 0.1) is 11.3 Å². The normalized spacial score (nSPS) is 21.5. The van der Waals surface area contributed by atoms with Crippen molar-refractivity contribution in [1.82, 2.24) is 9.97 Å². The van der Waals surface area contributed by atoms with Gasteiger partial charge >= 0.3 is 0 Å². The molecule has 0 bridgehead atoms.